The Bertz CT molecular complexity index is 1350. The number of carboxylic acids is 1. The number of ether oxygens (including phenoxy) is 1. The van der Waals surface area contributed by atoms with Crippen molar-refractivity contribution in [2.45, 2.75) is 27.3 Å². The lowest BCUT2D eigenvalue weighted by atomic mass is 9.98. The van der Waals surface area contributed by atoms with Gasteiger partial charge in [0.1, 0.15) is 12.3 Å². The number of aliphatic carboxylic acids is 1. The third-order valence-electron chi connectivity index (χ3n) is 5.90. The van der Waals surface area contributed by atoms with Crippen LogP contribution in [0.5, 0.6) is 5.75 Å². The SMILES string of the molecule is CC(=O)[O-].CCOc1ccc(CNc2ccc(C3=[N+](CC)c4cccc5cccc3c45)cc2)cc1. The summed E-state index contributed by atoms with van der Waals surface area (Å²) in [5.41, 5.74) is 7.53. The molecule has 1 heterocycles. The smallest absolute Gasteiger partial charge is 0.221 e. The van der Waals surface area contributed by atoms with Crippen LogP contribution in [0.25, 0.3) is 10.8 Å². The number of hydrogen-bond acceptors (Lipinski definition) is 4. The first-order valence-electron chi connectivity index (χ1n) is 11.9. The standard InChI is InChI=1S/C28H26N2O.C2H4O2/c1-3-30-26-10-6-8-21-7-5-9-25(27(21)26)28(30)22-13-15-23(16-14-22)29-19-20-11-17-24(18-12-20)31-4-2;1-2(3)4/h5-18H,3-4,19H2,1-2H3;1H3,(H,3,4). The van der Waals surface area contributed by atoms with Crippen molar-refractivity contribution in [1.82, 2.24) is 0 Å². The highest BCUT2D eigenvalue weighted by Gasteiger charge is 2.31. The number of benzene rings is 4. The Morgan fingerprint density at radius 3 is 2.20 bits per heavy atom. The highest BCUT2D eigenvalue weighted by atomic mass is 16.5. The molecule has 0 aromatic heterocycles. The van der Waals surface area contributed by atoms with E-state index in [-0.39, 0.29) is 0 Å². The van der Waals surface area contributed by atoms with E-state index in [1.54, 1.807) is 0 Å². The zero-order valence-electron chi connectivity index (χ0n) is 20.4. The van der Waals surface area contributed by atoms with Crippen molar-refractivity contribution in [2.75, 3.05) is 18.5 Å². The van der Waals surface area contributed by atoms with Gasteiger partial charge < -0.3 is 20.0 Å². The molecule has 35 heavy (non-hydrogen) atoms. The molecule has 0 aliphatic carbocycles. The maximum atomic E-state index is 8.89. The topological polar surface area (TPSA) is 64.4 Å². The summed E-state index contributed by atoms with van der Waals surface area (Å²) in [5, 5.41) is 15.1. The predicted molar refractivity (Wildman–Crippen MR) is 140 cm³/mol. The Labute approximate surface area is 206 Å². The summed E-state index contributed by atoms with van der Waals surface area (Å²) in [6.45, 7) is 7.62. The summed E-state index contributed by atoms with van der Waals surface area (Å²) in [7, 11) is 0. The molecule has 0 saturated heterocycles. The van der Waals surface area contributed by atoms with Crippen LogP contribution in [0.3, 0.4) is 0 Å². The van der Waals surface area contributed by atoms with E-state index in [1.807, 2.05) is 19.1 Å². The minimum Gasteiger partial charge on any atom is -0.550 e. The summed E-state index contributed by atoms with van der Waals surface area (Å²) in [6, 6.07) is 30.3. The van der Waals surface area contributed by atoms with Crippen LogP contribution in [0.15, 0.2) is 84.9 Å². The molecule has 0 amide bonds. The molecule has 0 radical (unpaired) electrons. The van der Waals surface area contributed by atoms with E-state index < -0.39 is 5.97 Å². The van der Waals surface area contributed by atoms with Crippen molar-refractivity contribution in [3.8, 4) is 5.75 Å². The van der Waals surface area contributed by atoms with Crippen LogP contribution in [0.1, 0.15) is 37.5 Å². The third kappa shape index (κ3) is 5.35. The molecule has 4 aromatic rings. The van der Waals surface area contributed by atoms with Crippen molar-refractivity contribution >= 4 is 33.8 Å². The van der Waals surface area contributed by atoms with Gasteiger partial charge in [-0.05, 0) is 74.2 Å². The van der Waals surface area contributed by atoms with Crippen LogP contribution in [-0.4, -0.2) is 29.4 Å². The van der Waals surface area contributed by atoms with Crippen LogP contribution in [0.4, 0.5) is 11.4 Å². The summed E-state index contributed by atoms with van der Waals surface area (Å²) in [4.78, 5) is 8.89. The number of carbonyl (C=O) groups excluding carboxylic acids is 1. The van der Waals surface area contributed by atoms with Gasteiger partial charge in [0.25, 0.3) is 0 Å². The molecular formula is C30H30N2O3. The third-order valence-corrected chi connectivity index (χ3v) is 5.90. The van der Waals surface area contributed by atoms with Gasteiger partial charge in [-0.1, -0.05) is 36.4 Å². The van der Waals surface area contributed by atoms with Crippen LogP contribution in [0.2, 0.25) is 0 Å². The van der Waals surface area contributed by atoms with E-state index in [1.165, 1.54) is 38.9 Å². The molecule has 0 unspecified atom stereocenters. The van der Waals surface area contributed by atoms with Gasteiger partial charge in [0, 0.05) is 29.8 Å². The Balaban J connectivity index is 0.000000672. The Morgan fingerprint density at radius 1 is 0.914 bits per heavy atom. The molecule has 5 nitrogen and oxygen atoms in total. The Hall–Kier alpha value is -4.12. The van der Waals surface area contributed by atoms with Gasteiger partial charge in [0.15, 0.2) is 0 Å². The molecular weight excluding hydrogens is 436 g/mol. The van der Waals surface area contributed by atoms with E-state index in [4.69, 9.17) is 14.6 Å². The van der Waals surface area contributed by atoms with E-state index in [2.05, 4.69) is 89.6 Å². The second kappa shape index (κ2) is 10.9. The van der Waals surface area contributed by atoms with Crippen LogP contribution in [0, 0.1) is 0 Å². The van der Waals surface area contributed by atoms with Crippen LogP contribution >= 0.6 is 0 Å². The van der Waals surface area contributed by atoms with Crippen molar-refractivity contribution in [1.29, 1.82) is 0 Å². The van der Waals surface area contributed by atoms with Gasteiger partial charge >= 0.3 is 0 Å². The number of anilines is 1. The van der Waals surface area contributed by atoms with E-state index in [0.29, 0.717) is 6.61 Å². The van der Waals surface area contributed by atoms with Crippen LogP contribution in [-0.2, 0) is 11.3 Å². The van der Waals surface area contributed by atoms with Crippen molar-refractivity contribution < 1.29 is 19.2 Å². The molecule has 1 aliphatic heterocycles. The minimum absolute atomic E-state index is 0.692. The van der Waals surface area contributed by atoms with Crippen molar-refractivity contribution in [3.05, 3.63) is 102 Å². The summed E-state index contributed by atoms with van der Waals surface area (Å²) in [5.74, 6) is -0.166. The highest BCUT2D eigenvalue weighted by Crippen LogP contribution is 2.36. The molecule has 5 rings (SSSR count). The lowest BCUT2D eigenvalue weighted by molar-refractivity contribution is -0.431. The van der Waals surface area contributed by atoms with Gasteiger partial charge in [-0.25, -0.2) is 0 Å². The number of nitrogens with zero attached hydrogens (tertiary/aromatic N) is 1. The lowest BCUT2D eigenvalue weighted by Crippen LogP contribution is -2.16. The summed E-state index contributed by atoms with van der Waals surface area (Å²) in [6.07, 6.45) is 0. The monoisotopic (exact) mass is 466 g/mol. The number of hydrogen-bond donors (Lipinski definition) is 1. The molecule has 0 spiro atoms. The summed E-state index contributed by atoms with van der Waals surface area (Å²) < 4.78 is 7.95. The minimum atomic E-state index is -1.08. The molecule has 178 valence electrons. The second-order valence-electron chi connectivity index (χ2n) is 8.27. The van der Waals surface area contributed by atoms with Gasteiger partial charge in [-0.3, -0.25) is 0 Å². The average Bonchev–Trinajstić information content (AvgIpc) is 3.19. The normalized spacial score (nSPS) is 11.7. The maximum Gasteiger partial charge on any atom is 0.221 e. The van der Waals surface area contributed by atoms with Gasteiger partial charge in [0.2, 0.25) is 11.4 Å². The Morgan fingerprint density at radius 2 is 1.57 bits per heavy atom. The number of nitrogens with one attached hydrogen (secondary N) is 1. The van der Waals surface area contributed by atoms with Crippen molar-refractivity contribution in [3.63, 3.8) is 0 Å². The quantitative estimate of drug-likeness (QED) is 0.384. The molecule has 5 heteroatoms. The zero-order valence-corrected chi connectivity index (χ0v) is 20.4. The van der Waals surface area contributed by atoms with Gasteiger partial charge in [0.05, 0.1) is 17.6 Å². The Kier molecular flexibility index (Phi) is 7.46. The first-order valence-corrected chi connectivity index (χ1v) is 11.9. The number of carboxylic acid groups (broad SMARTS) is 1. The predicted octanol–water partition coefficient (Wildman–Crippen LogP) is 5.12. The average molecular weight is 467 g/mol. The van der Waals surface area contributed by atoms with Gasteiger partial charge in [-0.15, -0.1) is 0 Å². The summed E-state index contributed by atoms with van der Waals surface area (Å²) >= 11 is 0. The van der Waals surface area contributed by atoms with E-state index in [9.17, 15) is 0 Å². The number of carbonyl (C=O) groups is 1. The molecule has 4 aromatic carbocycles. The molecule has 1 N–H and O–H groups in total. The van der Waals surface area contributed by atoms with E-state index >= 15 is 0 Å². The van der Waals surface area contributed by atoms with Crippen LogP contribution < -0.4 is 15.2 Å². The second-order valence-corrected chi connectivity index (χ2v) is 8.27. The largest absolute Gasteiger partial charge is 0.550 e. The fourth-order valence-electron chi connectivity index (χ4n) is 4.47. The molecule has 1 aliphatic rings. The lowest BCUT2D eigenvalue weighted by Gasteiger charge is -2.09. The number of rotatable bonds is 7. The fraction of sp³-hybridized carbons (Fsp3) is 0.200. The molecule has 0 atom stereocenters. The zero-order chi connectivity index (χ0) is 24.8. The molecule has 0 saturated carbocycles. The van der Waals surface area contributed by atoms with Crippen molar-refractivity contribution in [2.24, 2.45) is 0 Å². The van der Waals surface area contributed by atoms with Gasteiger partial charge in [-0.2, -0.15) is 4.58 Å². The highest BCUT2D eigenvalue weighted by molar-refractivity contribution is 6.22. The maximum absolute atomic E-state index is 8.89. The first kappa shape index (κ1) is 24.0. The fourth-order valence-corrected chi connectivity index (χ4v) is 4.47. The molecule has 0 fully saturated rings. The van der Waals surface area contributed by atoms with E-state index in [0.717, 1.165) is 31.5 Å². The molecule has 0 bridgehead atoms. The first-order chi connectivity index (χ1) is 17.0.